The molecule has 0 saturated heterocycles. The van der Waals surface area contributed by atoms with Crippen LogP contribution in [0.25, 0.3) is 67.1 Å². The highest BCUT2D eigenvalue weighted by molar-refractivity contribution is 6.15. The first-order valence-electron chi connectivity index (χ1n) is 20.5. The van der Waals surface area contributed by atoms with E-state index in [2.05, 4.69) is 225 Å². The lowest BCUT2D eigenvalue weighted by Gasteiger charge is -2.32. The molecule has 0 radical (unpaired) electrons. The lowest BCUT2D eigenvalue weighted by molar-refractivity contribution is 0.672. The van der Waals surface area contributed by atoms with Gasteiger partial charge in [-0.1, -0.05) is 177 Å². The molecule has 1 aromatic heterocycles. The van der Waals surface area contributed by atoms with Crippen LogP contribution in [0.15, 0.2) is 230 Å². The van der Waals surface area contributed by atoms with Gasteiger partial charge in [0, 0.05) is 38.5 Å². The maximum atomic E-state index is 6.54. The highest BCUT2D eigenvalue weighted by atomic mass is 16.3. The third-order valence-corrected chi connectivity index (χ3v) is 12.1. The molecule has 10 rings (SSSR count). The van der Waals surface area contributed by atoms with E-state index in [0.717, 1.165) is 66.7 Å². The zero-order valence-electron chi connectivity index (χ0n) is 33.6. The predicted molar refractivity (Wildman–Crippen MR) is 256 cm³/mol. The highest BCUT2D eigenvalue weighted by Crippen LogP contribution is 2.54. The third kappa shape index (κ3) is 6.22. The van der Waals surface area contributed by atoms with Gasteiger partial charge in [-0.2, -0.15) is 0 Å². The largest absolute Gasteiger partial charge is 0.455 e. The van der Waals surface area contributed by atoms with Gasteiger partial charge < -0.3 is 9.32 Å². The van der Waals surface area contributed by atoms with E-state index in [9.17, 15) is 0 Å². The van der Waals surface area contributed by atoms with Crippen LogP contribution in [0.5, 0.6) is 0 Å². The van der Waals surface area contributed by atoms with Gasteiger partial charge in [0.1, 0.15) is 11.2 Å². The summed E-state index contributed by atoms with van der Waals surface area (Å²) in [6, 6.07) is 63.3. The summed E-state index contributed by atoms with van der Waals surface area (Å²) in [5, 5.41) is 4.49. The Morgan fingerprint density at radius 3 is 2.13 bits per heavy atom. The number of benzene rings is 8. The lowest BCUT2D eigenvalue weighted by Crippen LogP contribution is -2.23. The molecule has 0 fully saturated rings. The number of fused-ring (bicyclic) bond motifs is 8. The van der Waals surface area contributed by atoms with Gasteiger partial charge in [-0.15, -0.1) is 0 Å². The number of para-hydroxylation sites is 1. The minimum absolute atomic E-state index is 0.352. The summed E-state index contributed by atoms with van der Waals surface area (Å²) in [4.78, 5) is 2.36. The van der Waals surface area contributed by atoms with Gasteiger partial charge in [0.15, 0.2) is 0 Å². The van der Waals surface area contributed by atoms with Crippen molar-refractivity contribution in [3.8, 4) is 22.3 Å². The maximum Gasteiger partial charge on any atom is 0.143 e. The molecule has 8 aromatic carbocycles. The molecular weight excluding hydrogens is 727 g/mol. The standard InChI is InChI=1S/C58H43NO/c1-4-6-18-40-19-16-20-41(37-40)21-17-25-45(5-2)59(46-33-35-50-49-28-12-14-29-53(49)58(3,54(50)39-46)44-23-8-7-9-24-44)55-30-15-13-26-47(55)43-32-36-56-52(38-43)51-34-31-42-22-10-11-27-48(42)57(51)60-56/h4-39H,1-2H2,3H3/b18-6-,21-17+,45-25+. The molecule has 0 spiro atoms. The maximum absolute atomic E-state index is 6.54. The number of rotatable bonds is 10. The molecule has 2 nitrogen and oxygen atoms in total. The smallest absolute Gasteiger partial charge is 0.143 e. The predicted octanol–water partition coefficient (Wildman–Crippen LogP) is 15.9. The van der Waals surface area contributed by atoms with E-state index in [-0.39, 0.29) is 5.41 Å². The topological polar surface area (TPSA) is 16.4 Å². The van der Waals surface area contributed by atoms with Crippen LogP contribution in [0, 0.1) is 0 Å². The zero-order valence-corrected chi connectivity index (χ0v) is 33.6. The van der Waals surface area contributed by atoms with E-state index in [1.807, 2.05) is 12.2 Å². The van der Waals surface area contributed by atoms with Crippen LogP contribution in [0.4, 0.5) is 11.4 Å². The van der Waals surface area contributed by atoms with Crippen LogP contribution in [-0.2, 0) is 5.41 Å². The second-order valence-corrected chi connectivity index (χ2v) is 15.5. The molecule has 0 aliphatic heterocycles. The molecule has 1 aliphatic carbocycles. The van der Waals surface area contributed by atoms with Crippen LogP contribution >= 0.6 is 0 Å². The van der Waals surface area contributed by atoms with Crippen LogP contribution < -0.4 is 4.90 Å². The summed E-state index contributed by atoms with van der Waals surface area (Å²) in [6.07, 6.45) is 14.2. The van der Waals surface area contributed by atoms with Gasteiger partial charge in [0.2, 0.25) is 0 Å². The highest BCUT2D eigenvalue weighted by Gasteiger charge is 2.41. The second kappa shape index (κ2) is 15.2. The lowest BCUT2D eigenvalue weighted by atomic mass is 9.74. The zero-order chi connectivity index (χ0) is 40.6. The monoisotopic (exact) mass is 769 g/mol. The van der Waals surface area contributed by atoms with Crippen molar-refractivity contribution in [2.45, 2.75) is 12.3 Å². The molecule has 286 valence electrons. The number of allylic oxidation sites excluding steroid dienone is 5. The Morgan fingerprint density at radius 2 is 1.30 bits per heavy atom. The Balaban J connectivity index is 1.16. The first kappa shape index (κ1) is 36.6. The molecule has 2 heteroatoms. The minimum Gasteiger partial charge on any atom is -0.455 e. The van der Waals surface area contributed by atoms with Gasteiger partial charge in [0.25, 0.3) is 0 Å². The van der Waals surface area contributed by atoms with Crippen molar-refractivity contribution >= 4 is 56.2 Å². The summed E-state index contributed by atoms with van der Waals surface area (Å²) in [5.41, 5.74) is 15.3. The van der Waals surface area contributed by atoms with Crippen molar-refractivity contribution in [3.05, 3.63) is 253 Å². The Hall–Kier alpha value is -7.68. The summed E-state index contributed by atoms with van der Waals surface area (Å²) >= 11 is 0. The molecule has 1 aliphatic rings. The van der Waals surface area contributed by atoms with E-state index in [1.165, 1.54) is 33.2 Å². The quantitative estimate of drug-likeness (QED) is 0.129. The van der Waals surface area contributed by atoms with Crippen LogP contribution in [-0.4, -0.2) is 0 Å². The number of anilines is 2. The average Bonchev–Trinajstić information content (AvgIpc) is 3.81. The van der Waals surface area contributed by atoms with Crippen molar-refractivity contribution in [2.24, 2.45) is 0 Å². The van der Waals surface area contributed by atoms with Crippen molar-refractivity contribution in [2.75, 3.05) is 4.90 Å². The Kier molecular flexibility index (Phi) is 9.31. The third-order valence-electron chi connectivity index (χ3n) is 12.1. The second-order valence-electron chi connectivity index (χ2n) is 15.5. The Labute approximate surface area is 351 Å². The fraction of sp³-hybridized carbons (Fsp3) is 0.0345. The van der Waals surface area contributed by atoms with Gasteiger partial charge in [-0.25, -0.2) is 0 Å². The van der Waals surface area contributed by atoms with Crippen molar-refractivity contribution < 1.29 is 4.42 Å². The van der Waals surface area contributed by atoms with Crippen molar-refractivity contribution in [1.82, 2.24) is 0 Å². The fourth-order valence-electron chi connectivity index (χ4n) is 9.15. The van der Waals surface area contributed by atoms with Gasteiger partial charge in [0.05, 0.1) is 5.69 Å². The fourth-order valence-corrected chi connectivity index (χ4v) is 9.15. The van der Waals surface area contributed by atoms with E-state index in [0.29, 0.717) is 0 Å². The van der Waals surface area contributed by atoms with Crippen molar-refractivity contribution in [1.29, 1.82) is 0 Å². The molecule has 0 saturated carbocycles. The van der Waals surface area contributed by atoms with Crippen LogP contribution in [0.1, 0.15) is 34.7 Å². The molecule has 0 bridgehead atoms. The van der Waals surface area contributed by atoms with Gasteiger partial charge in [-0.3, -0.25) is 0 Å². The Morgan fingerprint density at radius 1 is 0.567 bits per heavy atom. The molecule has 1 atom stereocenters. The average molecular weight is 770 g/mol. The summed E-state index contributed by atoms with van der Waals surface area (Å²) < 4.78 is 6.54. The molecule has 0 N–H and O–H groups in total. The summed E-state index contributed by atoms with van der Waals surface area (Å²) in [6.45, 7) is 10.6. The summed E-state index contributed by atoms with van der Waals surface area (Å²) in [5.74, 6) is 0. The Bertz CT molecular complexity index is 3210. The normalized spacial score (nSPS) is 14.9. The van der Waals surface area contributed by atoms with E-state index in [4.69, 9.17) is 4.42 Å². The summed E-state index contributed by atoms with van der Waals surface area (Å²) in [7, 11) is 0. The molecule has 0 amide bonds. The molecule has 1 heterocycles. The molecular formula is C58H43NO. The molecule has 60 heavy (non-hydrogen) atoms. The van der Waals surface area contributed by atoms with Crippen LogP contribution in [0.3, 0.4) is 0 Å². The van der Waals surface area contributed by atoms with E-state index >= 15 is 0 Å². The first-order chi connectivity index (χ1) is 29.5. The van der Waals surface area contributed by atoms with Crippen LogP contribution in [0.2, 0.25) is 0 Å². The number of furan rings is 1. The van der Waals surface area contributed by atoms with Crippen molar-refractivity contribution in [3.63, 3.8) is 0 Å². The SMILES string of the molecule is C=C/C=C\c1cccc(/C=C/C=C(\C=C)N(c2ccc3c(c2)C(C)(c2ccccc2)c2ccccc2-3)c2ccccc2-c2ccc3oc4c5ccccc5ccc4c3c2)c1. The number of hydrogen-bond donors (Lipinski definition) is 0. The minimum atomic E-state index is -0.352. The molecule has 9 aromatic rings. The number of hydrogen-bond acceptors (Lipinski definition) is 2. The van der Waals surface area contributed by atoms with Gasteiger partial charge >= 0.3 is 0 Å². The first-order valence-corrected chi connectivity index (χ1v) is 20.5. The van der Waals surface area contributed by atoms with E-state index < -0.39 is 0 Å². The number of nitrogens with zero attached hydrogens (tertiary/aromatic N) is 1. The molecule has 1 unspecified atom stereocenters. The van der Waals surface area contributed by atoms with Gasteiger partial charge in [-0.05, 0) is 111 Å². The van der Waals surface area contributed by atoms with E-state index in [1.54, 1.807) is 6.08 Å².